The zero-order valence-corrected chi connectivity index (χ0v) is 19.6. The van der Waals surface area contributed by atoms with Gasteiger partial charge in [0.25, 0.3) is 0 Å². The van der Waals surface area contributed by atoms with E-state index in [4.69, 9.17) is 21.7 Å². The molecule has 0 unspecified atom stereocenters. The molecule has 0 saturated carbocycles. The molecule has 0 bridgehead atoms. The van der Waals surface area contributed by atoms with Crippen molar-refractivity contribution in [3.63, 3.8) is 0 Å². The van der Waals surface area contributed by atoms with Crippen LogP contribution in [0, 0.1) is 11.8 Å². The fourth-order valence-electron chi connectivity index (χ4n) is 4.07. The third kappa shape index (κ3) is 3.79. The second kappa shape index (κ2) is 8.42. The first-order chi connectivity index (χ1) is 16.0. The maximum absolute atomic E-state index is 11.8. The average Bonchev–Trinajstić information content (AvgIpc) is 3.50. The Bertz CT molecular complexity index is 1540. The van der Waals surface area contributed by atoms with Gasteiger partial charge in [0.05, 0.1) is 5.52 Å². The Morgan fingerprint density at radius 2 is 1.88 bits per heavy atom. The number of aryl methyl sites for hydroxylation is 2. The number of hydrogen-bond donors (Lipinski definition) is 2. The highest BCUT2D eigenvalue weighted by Gasteiger charge is 2.22. The van der Waals surface area contributed by atoms with E-state index in [-0.39, 0.29) is 4.84 Å². The van der Waals surface area contributed by atoms with Crippen LogP contribution >= 0.6 is 23.6 Å². The summed E-state index contributed by atoms with van der Waals surface area (Å²) in [4.78, 5) is 22.2. The van der Waals surface area contributed by atoms with Crippen molar-refractivity contribution in [3.8, 4) is 22.5 Å². The first kappa shape index (κ1) is 21.3. The number of carboxylic acid groups (broad SMARTS) is 1. The Hall–Kier alpha value is -3.56. The van der Waals surface area contributed by atoms with Crippen molar-refractivity contribution in [1.29, 1.82) is 0 Å². The third-order valence-electron chi connectivity index (χ3n) is 5.59. The highest BCUT2D eigenvalue weighted by Crippen LogP contribution is 2.33. The molecule has 166 valence electrons. The molecule has 0 radical (unpaired) electrons. The average molecular weight is 477 g/mol. The maximum atomic E-state index is 11.8. The van der Waals surface area contributed by atoms with Gasteiger partial charge in [-0.25, -0.2) is 14.9 Å². The summed E-state index contributed by atoms with van der Waals surface area (Å²) in [7, 11) is 0. The summed E-state index contributed by atoms with van der Waals surface area (Å²) >= 11 is 6.27. The Kier molecular flexibility index (Phi) is 5.43. The number of benzene rings is 2. The number of rotatable bonds is 6. The molecule has 2 N–H and O–H groups in total. The summed E-state index contributed by atoms with van der Waals surface area (Å²) < 4.78 is 7.13. The van der Waals surface area contributed by atoms with Crippen molar-refractivity contribution in [1.82, 2.24) is 19.7 Å². The van der Waals surface area contributed by atoms with E-state index in [0.29, 0.717) is 22.8 Å². The lowest BCUT2D eigenvalue weighted by Gasteiger charge is -2.11. The number of nitrogens with one attached hydrogen (secondary N) is 1. The molecule has 0 fully saturated rings. The Morgan fingerprint density at radius 3 is 2.52 bits per heavy atom. The molecule has 0 spiro atoms. The molecule has 0 aliphatic heterocycles. The summed E-state index contributed by atoms with van der Waals surface area (Å²) in [6.07, 6.45) is 0.725. The lowest BCUT2D eigenvalue weighted by molar-refractivity contribution is 0.0703. The van der Waals surface area contributed by atoms with Crippen LogP contribution in [0.1, 0.15) is 32.9 Å². The van der Waals surface area contributed by atoms with Crippen molar-refractivity contribution in [2.45, 2.75) is 26.8 Å². The summed E-state index contributed by atoms with van der Waals surface area (Å²) in [5.74, 6) is 0.553. The molecular weight excluding hydrogens is 456 g/mol. The number of aromatic amines is 1. The number of thiophene rings is 1. The van der Waals surface area contributed by atoms with Crippen LogP contribution in [-0.4, -0.2) is 30.8 Å². The van der Waals surface area contributed by atoms with Gasteiger partial charge in [0.2, 0.25) is 0 Å². The molecule has 3 aromatic heterocycles. The second-order valence-corrected chi connectivity index (χ2v) is 9.20. The lowest BCUT2D eigenvalue weighted by atomic mass is 9.98. The number of fused-ring (bicyclic) bond motifs is 1. The smallest absolute Gasteiger partial charge is 0.348 e. The largest absolute Gasteiger partial charge is 0.477 e. The zero-order chi connectivity index (χ0) is 23.1. The van der Waals surface area contributed by atoms with Gasteiger partial charge in [0, 0.05) is 23.4 Å². The highest BCUT2D eigenvalue weighted by molar-refractivity contribution is 7.71. The molecule has 0 saturated heterocycles. The minimum Gasteiger partial charge on any atom is -0.477 e. The summed E-state index contributed by atoms with van der Waals surface area (Å²) in [5, 5.41) is 12.5. The first-order valence-electron chi connectivity index (χ1n) is 10.4. The molecule has 5 aromatic rings. The molecule has 2 aromatic carbocycles. The molecule has 33 heavy (non-hydrogen) atoms. The van der Waals surface area contributed by atoms with E-state index in [1.807, 2.05) is 42.7 Å². The quantitative estimate of drug-likeness (QED) is 0.288. The van der Waals surface area contributed by atoms with Crippen molar-refractivity contribution in [3.05, 3.63) is 74.5 Å². The molecule has 9 heteroatoms. The predicted octanol–water partition coefficient (Wildman–Crippen LogP) is 6.09. The van der Waals surface area contributed by atoms with Crippen LogP contribution in [0.15, 0.2) is 53.1 Å². The molecule has 0 aliphatic rings. The van der Waals surface area contributed by atoms with Crippen molar-refractivity contribution in [2.75, 3.05) is 0 Å². The molecular formula is C24H20N4O3S2. The van der Waals surface area contributed by atoms with Crippen molar-refractivity contribution < 1.29 is 14.4 Å². The van der Waals surface area contributed by atoms with Crippen LogP contribution in [0.4, 0.5) is 0 Å². The van der Waals surface area contributed by atoms with Gasteiger partial charge in [0.1, 0.15) is 16.2 Å². The number of imidazole rings is 1. The SMILES string of the molecule is CCc1nc2c(C)sc(C(=O)O)c2n1Cc1ccc(-c2ccccc2-c2nc(=S)o[nH]2)cc1. The number of H-pyrrole nitrogens is 1. The van der Waals surface area contributed by atoms with Gasteiger partial charge in [-0.3, -0.25) is 0 Å². The van der Waals surface area contributed by atoms with Crippen LogP contribution < -0.4 is 0 Å². The van der Waals surface area contributed by atoms with Gasteiger partial charge in [-0.1, -0.05) is 55.5 Å². The van der Waals surface area contributed by atoms with E-state index < -0.39 is 5.97 Å². The third-order valence-corrected chi connectivity index (χ3v) is 6.83. The summed E-state index contributed by atoms with van der Waals surface area (Å²) in [5.41, 5.74) is 5.48. The Balaban J connectivity index is 1.52. The van der Waals surface area contributed by atoms with E-state index in [9.17, 15) is 9.90 Å². The normalized spacial score (nSPS) is 11.3. The topological polar surface area (TPSA) is 96.9 Å². The van der Waals surface area contributed by atoms with Crippen LogP contribution in [0.2, 0.25) is 0 Å². The monoisotopic (exact) mass is 476 g/mol. The standard InChI is InChI=1S/C24H20N4O3S2/c1-3-18-25-19-13(2)33-21(23(29)30)20(19)28(18)12-14-8-10-15(11-9-14)16-6-4-5-7-17(16)22-26-24(32)31-27-22/h4-11H,3,12H2,1-2H3,(H,29,30)(H,26,27,32). The highest BCUT2D eigenvalue weighted by atomic mass is 32.1. The number of hydrogen-bond acceptors (Lipinski definition) is 6. The summed E-state index contributed by atoms with van der Waals surface area (Å²) in [6.45, 7) is 4.50. The van der Waals surface area contributed by atoms with E-state index in [1.165, 1.54) is 11.3 Å². The fraction of sp³-hybridized carbons (Fsp3) is 0.167. The minimum atomic E-state index is -0.916. The maximum Gasteiger partial charge on any atom is 0.348 e. The van der Waals surface area contributed by atoms with Crippen LogP contribution in [0.5, 0.6) is 0 Å². The van der Waals surface area contributed by atoms with Crippen molar-refractivity contribution in [2.24, 2.45) is 0 Å². The second-order valence-electron chi connectivity index (χ2n) is 7.63. The molecule has 7 nitrogen and oxygen atoms in total. The van der Waals surface area contributed by atoms with Gasteiger partial charge in [-0.15, -0.1) is 11.3 Å². The lowest BCUT2D eigenvalue weighted by Crippen LogP contribution is -2.06. The predicted molar refractivity (Wildman–Crippen MR) is 130 cm³/mol. The number of nitrogens with zero attached hydrogens (tertiary/aromatic N) is 3. The Morgan fingerprint density at radius 1 is 1.15 bits per heavy atom. The first-order valence-corrected chi connectivity index (χ1v) is 11.6. The van der Waals surface area contributed by atoms with Gasteiger partial charge in [-0.2, -0.15) is 4.98 Å². The Labute approximate surface area is 198 Å². The van der Waals surface area contributed by atoms with E-state index in [1.54, 1.807) is 0 Å². The van der Waals surface area contributed by atoms with Gasteiger partial charge < -0.3 is 14.2 Å². The number of carbonyl (C=O) groups is 1. The van der Waals surface area contributed by atoms with Crippen LogP contribution in [0.25, 0.3) is 33.5 Å². The fourth-order valence-corrected chi connectivity index (χ4v) is 5.14. The number of aromatic nitrogens is 4. The zero-order valence-electron chi connectivity index (χ0n) is 18.0. The molecule has 0 aliphatic carbocycles. The van der Waals surface area contributed by atoms with E-state index >= 15 is 0 Å². The van der Waals surface area contributed by atoms with Gasteiger partial charge in [0.15, 0.2) is 5.82 Å². The molecule has 0 atom stereocenters. The van der Waals surface area contributed by atoms with Gasteiger partial charge >= 0.3 is 10.8 Å². The van der Waals surface area contributed by atoms with Gasteiger partial charge in [-0.05, 0) is 35.8 Å². The minimum absolute atomic E-state index is 0.165. The van der Waals surface area contributed by atoms with E-state index in [2.05, 4.69) is 34.4 Å². The van der Waals surface area contributed by atoms with E-state index in [0.717, 1.165) is 44.9 Å². The van der Waals surface area contributed by atoms with Crippen LogP contribution in [0.3, 0.4) is 0 Å². The summed E-state index contributed by atoms with van der Waals surface area (Å²) in [6, 6.07) is 16.1. The number of carboxylic acids is 1. The molecule has 5 rings (SSSR count). The molecule has 3 heterocycles. The van der Waals surface area contributed by atoms with Crippen molar-refractivity contribution >= 4 is 40.6 Å². The number of aromatic carboxylic acids is 1. The molecule has 0 amide bonds. The van der Waals surface area contributed by atoms with Crippen LogP contribution in [-0.2, 0) is 13.0 Å².